The number of halogens is 6. The quantitative estimate of drug-likeness (QED) is 0.513. The first-order chi connectivity index (χ1) is 15.8. The van der Waals surface area contributed by atoms with Crippen LogP contribution in [0.15, 0.2) is 30.6 Å². The average molecular weight is 501 g/mol. The van der Waals surface area contributed by atoms with Crippen molar-refractivity contribution in [1.29, 1.82) is 5.26 Å². The largest absolute Gasteiger partial charge is 0.503 e. The molecule has 2 heterocycles. The maximum Gasteiger partial charge on any atom is 0.459 e. The van der Waals surface area contributed by atoms with Crippen molar-refractivity contribution in [2.75, 3.05) is 0 Å². The van der Waals surface area contributed by atoms with Crippen LogP contribution in [0.4, 0.5) is 22.0 Å². The Kier molecular flexibility index (Phi) is 5.32. The Morgan fingerprint density at radius 3 is 2.53 bits per heavy atom. The van der Waals surface area contributed by atoms with Crippen molar-refractivity contribution in [1.82, 2.24) is 24.9 Å². The second kappa shape index (κ2) is 7.69. The number of aryl methyl sites for hydroxylation is 1. The molecule has 1 saturated carbocycles. The Hall–Kier alpha value is -3.66. The highest BCUT2D eigenvalue weighted by Gasteiger charge is 2.62. The predicted molar refractivity (Wildman–Crippen MR) is 107 cm³/mol. The van der Waals surface area contributed by atoms with Gasteiger partial charge in [0, 0.05) is 18.8 Å². The Balaban J connectivity index is 1.68. The third-order valence-corrected chi connectivity index (χ3v) is 5.64. The predicted octanol–water partition coefficient (Wildman–Crippen LogP) is 4.07. The lowest BCUT2D eigenvalue weighted by Gasteiger charge is -2.17. The fourth-order valence-corrected chi connectivity index (χ4v) is 3.45. The molecule has 1 fully saturated rings. The van der Waals surface area contributed by atoms with Gasteiger partial charge in [-0.15, -0.1) is 0 Å². The topological polar surface area (TPSA) is 109 Å². The fourth-order valence-electron chi connectivity index (χ4n) is 3.25. The summed E-state index contributed by atoms with van der Waals surface area (Å²) in [6, 6.07) is 6.41. The van der Waals surface area contributed by atoms with E-state index in [-0.39, 0.29) is 10.6 Å². The van der Waals surface area contributed by atoms with Gasteiger partial charge in [-0.25, -0.2) is 9.36 Å². The summed E-state index contributed by atoms with van der Waals surface area (Å²) in [6.45, 7) is 0. The number of alkyl halides is 5. The smallest absolute Gasteiger partial charge is 0.459 e. The highest BCUT2D eigenvalue weighted by atomic mass is 35.5. The van der Waals surface area contributed by atoms with Gasteiger partial charge in [0.2, 0.25) is 0 Å². The van der Waals surface area contributed by atoms with Gasteiger partial charge in [-0.2, -0.15) is 37.4 Å². The third kappa shape index (κ3) is 3.83. The van der Waals surface area contributed by atoms with E-state index in [4.69, 9.17) is 16.9 Å². The van der Waals surface area contributed by atoms with E-state index < -0.39 is 40.8 Å². The van der Waals surface area contributed by atoms with Crippen LogP contribution in [0.25, 0.3) is 16.9 Å². The lowest BCUT2D eigenvalue weighted by atomic mass is 10.1. The van der Waals surface area contributed by atoms with Crippen molar-refractivity contribution >= 4 is 17.5 Å². The van der Waals surface area contributed by atoms with Crippen LogP contribution < -0.4 is 5.32 Å². The lowest BCUT2D eigenvalue weighted by molar-refractivity contribution is -0.291. The highest BCUT2D eigenvalue weighted by molar-refractivity contribution is 6.34. The SMILES string of the molecule is Cn1nc(C(F)(F)C(F)(F)F)c(O)c1-n1cc(-c2ccc(Cl)c(C(=O)NC3(C#N)CC3)c2)cn1. The average Bonchev–Trinajstić information content (AvgIpc) is 3.23. The number of carbonyl (C=O) groups excluding carboxylic acids is 1. The zero-order valence-electron chi connectivity index (χ0n) is 17.2. The summed E-state index contributed by atoms with van der Waals surface area (Å²) in [6.07, 6.45) is -2.44. The fraction of sp³-hybridized carbons (Fsp3) is 0.300. The molecule has 8 nitrogen and oxygen atoms in total. The molecule has 1 amide bonds. The molecule has 4 rings (SSSR count). The zero-order valence-corrected chi connectivity index (χ0v) is 17.9. The Labute approximate surface area is 193 Å². The third-order valence-electron chi connectivity index (χ3n) is 5.31. The van der Waals surface area contributed by atoms with Gasteiger partial charge in [0.1, 0.15) is 5.54 Å². The summed E-state index contributed by atoms with van der Waals surface area (Å²) < 4.78 is 67.2. The van der Waals surface area contributed by atoms with E-state index in [2.05, 4.69) is 15.5 Å². The van der Waals surface area contributed by atoms with E-state index in [1.165, 1.54) is 30.6 Å². The molecule has 2 aromatic heterocycles. The number of rotatable bonds is 5. The lowest BCUT2D eigenvalue weighted by Crippen LogP contribution is -2.35. The summed E-state index contributed by atoms with van der Waals surface area (Å²) in [4.78, 5) is 12.6. The number of aromatic nitrogens is 4. The van der Waals surface area contributed by atoms with Gasteiger partial charge in [-0.1, -0.05) is 17.7 Å². The normalized spacial score (nSPS) is 15.1. The molecule has 1 aliphatic rings. The molecule has 0 unspecified atom stereocenters. The highest BCUT2D eigenvalue weighted by Crippen LogP contribution is 2.47. The van der Waals surface area contributed by atoms with Crippen LogP contribution in [0.5, 0.6) is 5.75 Å². The second-order valence-electron chi connectivity index (χ2n) is 7.73. The maximum absolute atomic E-state index is 13.7. The molecule has 0 saturated heterocycles. The van der Waals surface area contributed by atoms with E-state index in [1.807, 2.05) is 6.07 Å². The van der Waals surface area contributed by atoms with E-state index in [1.54, 1.807) is 0 Å². The summed E-state index contributed by atoms with van der Waals surface area (Å²) in [5.41, 5.74) is -1.97. The molecule has 0 bridgehead atoms. The molecular weight excluding hydrogens is 487 g/mol. The van der Waals surface area contributed by atoms with E-state index in [0.717, 1.165) is 11.7 Å². The van der Waals surface area contributed by atoms with Crippen LogP contribution in [-0.4, -0.2) is 42.3 Å². The molecule has 3 aromatic rings. The molecule has 0 radical (unpaired) electrons. The first kappa shape index (κ1) is 23.5. The number of amides is 1. The zero-order chi connectivity index (χ0) is 25.1. The first-order valence-corrected chi connectivity index (χ1v) is 9.97. The summed E-state index contributed by atoms with van der Waals surface area (Å²) in [5, 5.41) is 29.1. The monoisotopic (exact) mass is 500 g/mol. The molecule has 34 heavy (non-hydrogen) atoms. The minimum absolute atomic E-state index is 0.0731. The first-order valence-electron chi connectivity index (χ1n) is 9.59. The number of carbonyl (C=O) groups is 1. The van der Waals surface area contributed by atoms with Gasteiger partial charge in [-0.3, -0.25) is 4.79 Å². The molecule has 0 atom stereocenters. The van der Waals surface area contributed by atoms with Crippen molar-refractivity contribution in [3.05, 3.63) is 46.9 Å². The molecule has 0 aliphatic heterocycles. The van der Waals surface area contributed by atoms with Crippen LogP contribution in [0, 0.1) is 11.3 Å². The maximum atomic E-state index is 13.7. The van der Waals surface area contributed by atoms with Gasteiger partial charge in [0.25, 0.3) is 5.91 Å². The van der Waals surface area contributed by atoms with Crippen LogP contribution in [0.3, 0.4) is 0 Å². The number of hydrogen-bond donors (Lipinski definition) is 2. The van der Waals surface area contributed by atoms with E-state index in [9.17, 15) is 31.9 Å². The number of aromatic hydroxyl groups is 1. The van der Waals surface area contributed by atoms with Gasteiger partial charge in [-0.05, 0) is 30.5 Å². The van der Waals surface area contributed by atoms with Gasteiger partial charge in [0.05, 0.1) is 22.9 Å². The number of hydrogen-bond acceptors (Lipinski definition) is 5. The summed E-state index contributed by atoms with van der Waals surface area (Å²) in [5.74, 6) is -7.87. The standard InChI is InChI=1S/C20H14ClF5N6O2/c1-31-17(14(33)15(30-31)19(22,23)20(24,25)26)32-8-11(7-28-32)10-2-3-13(21)12(6-10)16(34)29-18(9-27)4-5-18/h2-3,6-8,33H,4-5H2,1H3,(H,29,34). The molecular formula is C20H14ClF5N6O2. The van der Waals surface area contributed by atoms with E-state index >= 15 is 0 Å². The van der Waals surface area contributed by atoms with Crippen LogP contribution in [0.1, 0.15) is 28.9 Å². The van der Waals surface area contributed by atoms with Gasteiger partial charge >= 0.3 is 12.1 Å². The van der Waals surface area contributed by atoms with Gasteiger partial charge < -0.3 is 10.4 Å². The molecule has 0 spiro atoms. The number of benzene rings is 1. The minimum Gasteiger partial charge on any atom is -0.503 e. The number of nitriles is 1. The van der Waals surface area contributed by atoms with Crippen molar-refractivity contribution in [2.24, 2.45) is 7.05 Å². The van der Waals surface area contributed by atoms with Gasteiger partial charge in [0.15, 0.2) is 17.3 Å². The van der Waals surface area contributed by atoms with Crippen LogP contribution in [-0.2, 0) is 13.0 Å². The molecule has 1 aliphatic carbocycles. The molecule has 178 valence electrons. The Bertz CT molecular complexity index is 1340. The van der Waals surface area contributed by atoms with Crippen LogP contribution >= 0.6 is 11.6 Å². The Morgan fingerprint density at radius 1 is 1.26 bits per heavy atom. The summed E-state index contributed by atoms with van der Waals surface area (Å²) >= 11 is 6.12. The van der Waals surface area contributed by atoms with E-state index in [0.29, 0.717) is 28.7 Å². The number of nitrogens with one attached hydrogen (secondary N) is 1. The Morgan fingerprint density at radius 2 is 1.94 bits per heavy atom. The summed E-state index contributed by atoms with van der Waals surface area (Å²) in [7, 11) is 1.07. The second-order valence-corrected chi connectivity index (χ2v) is 8.14. The van der Waals surface area contributed by atoms with Crippen molar-refractivity contribution < 1.29 is 31.9 Å². The molecule has 1 aromatic carbocycles. The minimum atomic E-state index is -5.96. The van der Waals surface area contributed by atoms with Crippen LogP contribution in [0.2, 0.25) is 5.02 Å². The molecule has 14 heteroatoms. The van der Waals surface area contributed by atoms with Crippen molar-refractivity contribution in [2.45, 2.75) is 30.5 Å². The molecule has 2 N–H and O–H groups in total. The number of nitrogens with zero attached hydrogens (tertiary/aromatic N) is 5. The van der Waals surface area contributed by atoms with Crippen molar-refractivity contribution in [3.8, 4) is 28.8 Å². The van der Waals surface area contributed by atoms with Crippen molar-refractivity contribution in [3.63, 3.8) is 0 Å².